The average Bonchev–Trinajstić information content (AvgIpc) is 3.11. The van der Waals surface area contributed by atoms with Crippen LogP contribution in [0.5, 0.6) is 0 Å². The molecule has 2 aromatic rings. The Balaban J connectivity index is 1.75. The van der Waals surface area contributed by atoms with Crippen LogP contribution in [0.4, 0.5) is 0 Å². The Morgan fingerprint density at radius 3 is 2.28 bits per heavy atom. The standard InChI is InChI=1S/C19H20N2O4/c1-12(8-9-13-10-11-20(2)16(13)19(24)25-3)21-17(22)14-6-4-5-7-15(14)18(21)23/h4-7,10-12H,8-9H2,1-3H3/t12-/m0/s1. The average molecular weight is 340 g/mol. The Morgan fingerprint density at radius 1 is 1.12 bits per heavy atom. The normalized spacial score (nSPS) is 14.6. The molecule has 0 bridgehead atoms. The second kappa shape index (κ2) is 6.55. The third-order valence-corrected chi connectivity index (χ3v) is 4.63. The van der Waals surface area contributed by atoms with Gasteiger partial charge in [0, 0.05) is 19.3 Å². The molecule has 1 atom stereocenters. The summed E-state index contributed by atoms with van der Waals surface area (Å²) in [4.78, 5) is 38.2. The molecular weight excluding hydrogens is 320 g/mol. The van der Waals surface area contributed by atoms with Gasteiger partial charge in [0.05, 0.1) is 18.2 Å². The lowest BCUT2D eigenvalue weighted by atomic mass is 10.1. The molecule has 6 heteroatoms. The summed E-state index contributed by atoms with van der Waals surface area (Å²) in [5.41, 5.74) is 2.25. The van der Waals surface area contributed by atoms with Crippen LogP contribution in [-0.2, 0) is 18.2 Å². The zero-order chi connectivity index (χ0) is 18.1. The summed E-state index contributed by atoms with van der Waals surface area (Å²) in [5, 5.41) is 0. The largest absolute Gasteiger partial charge is 0.464 e. The monoisotopic (exact) mass is 340 g/mol. The van der Waals surface area contributed by atoms with Crippen LogP contribution >= 0.6 is 0 Å². The highest BCUT2D eigenvalue weighted by Gasteiger charge is 2.37. The number of nitrogens with zero attached hydrogens (tertiary/aromatic N) is 2. The van der Waals surface area contributed by atoms with Crippen molar-refractivity contribution in [1.29, 1.82) is 0 Å². The van der Waals surface area contributed by atoms with Crippen molar-refractivity contribution < 1.29 is 19.1 Å². The van der Waals surface area contributed by atoms with E-state index >= 15 is 0 Å². The van der Waals surface area contributed by atoms with E-state index in [1.54, 1.807) is 42.1 Å². The van der Waals surface area contributed by atoms with E-state index in [2.05, 4.69) is 0 Å². The van der Waals surface area contributed by atoms with Gasteiger partial charge in [-0.2, -0.15) is 0 Å². The van der Waals surface area contributed by atoms with Gasteiger partial charge in [-0.15, -0.1) is 0 Å². The molecule has 3 rings (SSSR count). The predicted molar refractivity (Wildman–Crippen MR) is 91.5 cm³/mol. The molecule has 0 aliphatic carbocycles. The number of carbonyl (C=O) groups excluding carboxylic acids is 3. The summed E-state index contributed by atoms with van der Waals surface area (Å²) >= 11 is 0. The van der Waals surface area contributed by atoms with Crippen LogP contribution in [0.25, 0.3) is 0 Å². The first-order chi connectivity index (χ1) is 12.0. The van der Waals surface area contributed by atoms with E-state index in [1.165, 1.54) is 12.0 Å². The number of aromatic nitrogens is 1. The maximum absolute atomic E-state index is 12.5. The van der Waals surface area contributed by atoms with Crippen LogP contribution in [0.15, 0.2) is 36.5 Å². The SMILES string of the molecule is COC(=O)c1c(CC[C@H](C)N2C(=O)c3ccccc3C2=O)ccn1C. The number of methoxy groups -OCH3 is 1. The number of hydrogen-bond donors (Lipinski definition) is 0. The fraction of sp³-hybridized carbons (Fsp3) is 0.316. The molecule has 1 aliphatic rings. The number of rotatable bonds is 5. The molecule has 0 spiro atoms. The summed E-state index contributed by atoms with van der Waals surface area (Å²) in [5.74, 6) is -0.903. The molecule has 2 heterocycles. The first-order valence-electron chi connectivity index (χ1n) is 8.15. The Kier molecular flexibility index (Phi) is 4.44. The third-order valence-electron chi connectivity index (χ3n) is 4.63. The lowest BCUT2D eigenvalue weighted by molar-refractivity contribution is 0.0571. The minimum atomic E-state index is -0.393. The van der Waals surface area contributed by atoms with E-state index in [0.717, 1.165) is 5.56 Å². The van der Waals surface area contributed by atoms with Crippen molar-refractivity contribution in [2.24, 2.45) is 7.05 Å². The first kappa shape index (κ1) is 17.0. The lowest BCUT2D eigenvalue weighted by Crippen LogP contribution is -2.38. The minimum Gasteiger partial charge on any atom is -0.464 e. The van der Waals surface area contributed by atoms with Crippen LogP contribution < -0.4 is 0 Å². The number of carbonyl (C=O) groups is 3. The molecule has 0 N–H and O–H groups in total. The van der Waals surface area contributed by atoms with Crippen molar-refractivity contribution >= 4 is 17.8 Å². The number of hydrogen-bond acceptors (Lipinski definition) is 4. The molecule has 0 radical (unpaired) electrons. The zero-order valence-electron chi connectivity index (χ0n) is 14.5. The minimum absolute atomic E-state index is 0.255. The van der Waals surface area contributed by atoms with Crippen LogP contribution in [0.3, 0.4) is 0 Å². The highest BCUT2D eigenvalue weighted by molar-refractivity contribution is 6.21. The highest BCUT2D eigenvalue weighted by atomic mass is 16.5. The quantitative estimate of drug-likeness (QED) is 0.619. The summed E-state index contributed by atoms with van der Waals surface area (Å²) in [6.07, 6.45) is 2.94. The number of esters is 1. The van der Waals surface area contributed by atoms with Crippen molar-refractivity contribution in [3.8, 4) is 0 Å². The van der Waals surface area contributed by atoms with E-state index in [-0.39, 0.29) is 17.9 Å². The fourth-order valence-electron chi connectivity index (χ4n) is 3.26. The Morgan fingerprint density at radius 2 is 1.72 bits per heavy atom. The first-order valence-corrected chi connectivity index (χ1v) is 8.15. The van der Waals surface area contributed by atoms with E-state index < -0.39 is 5.97 Å². The van der Waals surface area contributed by atoms with Crippen molar-refractivity contribution in [2.45, 2.75) is 25.8 Å². The smallest absolute Gasteiger partial charge is 0.354 e. The summed E-state index contributed by atoms with van der Waals surface area (Å²) < 4.78 is 6.54. The molecule has 1 aromatic carbocycles. The van der Waals surface area contributed by atoms with Gasteiger partial charge in [0.2, 0.25) is 0 Å². The molecule has 1 aromatic heterocycles. The molecule has 130 valence electrons. The molecule has 0 unspecified atom stereocenters. The molecule has 0 saturated carbocycles. The molecule has 0 saturated heterocycles. The number of aryl methyl sites for hydroxylation is 2. The predicted octanol–water partition coefficient (Wildman–Crippen LogP) is 2.43. The molecule has 0 fully saturated rings. The van der Waals surface area contributed by atoms with E-state index in [0.29, 0.717) is 29.7 Å². The summed E-state index contributed by atoms with van der Waals surface area (Å²) in [6.45, 7) is 1.85. The van der Waals surface area contributed by atoms with Crippen molar-refractivity contribution in [3.05, 3.63) is 58.9 Å². The third kappa shape index (κ3) is 2.84. The van der Waals surface area contributed by atoms with Crippen LogP contribution in [0.2, 0.25) is 0 Å². The van der Waals surface area contributed by atoms with Gasteiger partial charge in [-0.3, -0.25) is 14.5 Å². The number of benzene rings is 1. The van der Waals surface area contributed by atoms with Gasteiger partial charge >= 0.3 is 5.97 Å². The summed E-state index contributed by atoms with van der Waals surface area (Å²) in [6, 6.07) is 8.46. The second-order valence-corrected chi connectivity index (χ2v) is 6.21. The number of imide groups is 1. The second-order valence-electron chi connectivity index (χ2n) is 6.21. The van der Waals surface area contributed by atoms with Gasteiger partial charge in [-0.1, -0.05) is 12.1 Å². The Hall–Kier alpha value is -2.89. The molecule has 25 heavy (non-hydrogen) atoms. The van der Waals surface area contributed by atoms with Crippen LogP contribution in [0, 0.1) is 0 Å². The van der Waals surface area contributed by atoms with Crippen LogP contribution in [-0.4, -0.2) is 40.4 Å². The number of fused-ring (bicyclic) bond motifs is 1. The lowest BCUT2D eigenvalue weighted by Gasteiger charge is -2.22. The molecule has 6 nitrogen and oxygen atoms in total. The van der Waals surface area contributed by atoms with Crippen molar-refractivity contribution in [2.75, 3.05) is 7.11 Å². The number of amides is 2. The zero-order valence-corrected chi connectivity index (χ0v) is 14.5. The van der Waals surface area contributed by atoms with Gasteiger partial charge in [-0.25, -0.2) is 4.79 Å². The Bertz CT molecular complexity index is 818. The van der Waals surface area contributed by atoms with E-state index in [4.69, 9.17) is 4.74 Å². The molecular formula is C19H20N2O4. The molecule has 2 amide bonds. The maximum atomic E-state index is 12.5. The Labute approximate surface area is 146 Å². The van der Waals surface area contributed by atoms with Gasteiger partial charge in [0.15, 0.2) is 0 Å². The van der Waals surface area contributed by atoms with E-state index in [9.17, 15) is 14.4 Å². The maximum Gasteiger partial charge on any atom is 0.354 e. The van der Waals surface area contributed by atoms with Gasteiger partial charge in [-0.05, 0) is 43.5 Å². The fourth-order valence-corrected chi connectivity index (χ4v) is 3.26. The van der Waals surface area contributed by atoms with Gasteiger partial charge in [0.1, 0.15) is 5.69 Å². The molecule has 1 aliphatic heterocycles. The topological polar surface area (TPSA) is 68.6 Å². The highest BCUT2D eigenvalue weighted by Crippen LogP contribution is 2.26. The van der Waals surface area contributed by atoms with Crippen molar-refractivity contribution in [3.63, 3.8) is 0 Å². The summed E-state index contributed by atoms with van der Waals surface area (Å²) in [7, 11) is 3.13. The number of ether oxygens (including phenoxy) is 1. The van der Waals surface area contributed by atoms with Crippen LogP contribution in [0.1, 0.15) is 50.1 Å². The van der Waals surface area contributed by atoms with E-state index in [1.807, 2.05) is 13.0 Å². The van der Waals surface area contributed by atoms with Gasteiger partial charge < -0.3 is 9.30 Å². The van der Waals surface area contributed by atoms with Crippen molar-refractivity contribution in [1.82, 2.24) is 9.47 Å². The van der Waals surface area contributed by atoms with Gasteiger partial charge in [0.25, 0.3) is 11.8 Å².